The van der Waals surface area contributed by atoms with Crippen LogP contribution in [0.4, 0.5) is 4.79 Å². The summed E-state index contributed by atoms with van der Waals surface area (Å²) in [6.07, 6.45) is 8.34. The standard InChI is InChI=1S/C11H21N3O2S/c1-17-11(5-3-2-4-6-11)8-13-7-9(15)14-10(12)16/h13H,2-8H2,1H3,(H3,12,14,15,16). The number of primary amides is 1. The fourth-order valence-electron chi connectivity index (χ4n) is 2.23. The normalized spacial score (nSPS) is 18.6. The van der Waals surface area contributed by atoms with Gasteiger partial charge in [-0.2, -0.15) is 11.8 Å². The van der Waals surface area contributed by atoms with Gasteiger partial charge in [0.15, 0.2) is 0 Å². The van der Waals surface area contributed by atoms with Gasteiger partial charge in [-0.3, -0.25) is 10.1 Å². The molecule has 0 aromatic carbocycles. The topological polar surface area (TPSA) is 84.2 Å². The summed E-state index contributed by atoms with van der Waals surface area (Å²) in [6.45, 7) is 0.950. The van der Waals surface area contributed by atoms with Crippen molar-refractivity contribution in [1.82, 2.24) is 10.6 Å². The number of rotatable bonds is 5. The number of nitrogens with two attached hydrogens (primary N) is 1. The van der Waals surface area contributed by atoms with Crippen LogP contribution in [0.5, 0.6) is 0 Å². The molecule has 0 aromatic rings. The van der Waals surface area contributed by atoms with E-state index >= 15 is 0 Å². The van der Waals surface area contributed by atoms with Crippen LogP contribution >= 0.6 is 11.8 Å². The maximum absolute atomic E-state index is 11.2. The molecule has 1 fully saturated rings. The van der Waals surface area contributed by atoms with E-state index in [-0.39, 0.29) is 17.2 Å². The molecule has 3 amide bonds. The first-order valence-electron chi connectivity index (χ1n) is 5.93. The summed E-state index contributed by atoms with van der Waals surface area (Å²) in [5.74, 6) is -0.371. The molecule has 6 heteroatoms. The summed E-state index contributed by atoms with van der Waals surface area (Å²) >= 11 is 1.87. The van der Waals surface area contributed by atoms with Gasteiger partial charge in [-0.25, -0.2) is 4.79 Å². The Morgan fingerprint density at radius 1 is 1.29 bits per heavy atom. The number of amides is 3. The van der Waals surface area contributed by atoms with Crippen LogP contribution in [0.3, 0.4) is 0 Å². The van der Waals surface area contributed by atoms with E-state index in [1.165, 1.54) is 32.1 Å². The van der Waals surface area contributed by atoms with E-state index < -0.39 is 6.03 Å². The van der Waals surface area contributed by atoms with Gasteiger partial charge in [0, 0.05) is 11.3 Å². The second-order valence-electron chi connectivity index (χ2n) is 4.46. The highest BCUT2D eigenvalue weighted by Crippen LogP contribution is 2.37. The minimum absolute atomic E-state index is 0.144. The molecule has 17 heavy (non-hydrogen) atoms. The largest absolute Gasteiger partial charge is 0.351 e. The molecule has 1 aliphatic rings. The average molecular weight is 259 g/mol. The molecule has 4 N–H and O–H groups in total. The SMILES string of the molecule is CSC1(CNCC(=O)NC(N)=O)CCCCC1. The summed E-state index contributed by atoms with van der Waals surface area (Å²) in [7, 11) is 0. The van der Waals surface area contributed by atoms with Gasteiger partial charge in [0.1, 0.15) is 0 Å². The lowest BCUT2D eigenvalue weighted by atomic mass is 9.88. The zero-order chi connectivity index (χ0) is 12.7. The molecule has 0 aromatic heterocycles. The third kappa shape index (κ3) is 4.95. The molecule has 0 unspecified atom stereocenters. The Kier molecular flexibility index (Phi) is 5.77. The molecule has 0 radical (unpaired) electrons. The van der Waals surface area contributed by atoms with Crippen molar-refractivity contribution in [3.8, 4) is 0 Å². The molecule has 0 atom stereocenters. The Labute approximate surface area is 106 Å². The van der Waals surface area contributed by atoms with E-state index in [1.54, 1.807) is 0 Å². The smallest absolute Gasteiger partial charge is 0.318 e. The minimum atomic E-state index is -0.797. The van der Waals surface area contributed by atoms with Gasteiger partial charge in [0.25, 0.3) is 0 Å². The molecule has 0 aliphatic heterocycles. The lowest BCUT2D eigenvalue weighted by molar-refractivity contribution is -0.119. The highest BCUT2D eigenvalue weighted by atomic mass is 32.2. The van der Waals surface area contributed by atoms with Crippen molar-refractivity contribution in [2.24, 2.45) is 5.73 Å². The number of urea groups is 1. The van der Waals surface area contributed by atoms with Gasteiger partial charge < -0.3 is 11.1 Å². The van der Waals surface area contributed by atoms with E-state index in [1.807, 2.05) is 17.1 Å². The number of carbonyl (C=O) groups excluding carboxylic acids is 2. The van der Waals surface area contributed by atoms with Crippen LogP contribution < -0.4 is 16.4 Å². The molecule has 1 aliphatic carbocycles. The number of nitrogens with one attached hydrogen (secondary N) is 2. The van der Waals surface area contributed by atoms with Crippen LogP contribution in [0.25, 0.3) is 0 Å². The summed E-state index contributed by atoms with van der Waals surface area (Å²) in [5, 5.41) is 5.15. The monoisotopic (exact) mass is 259 g/mol. The van der Waals surface area contributed by atoms with Gasteiger partial charge >= 0.3 is 6.03 Å². The van der Waals surface area contributed by atoms with E-state index in [4.69, 9.17) is 5.73 Å². The van der Waals surface area contributed by atoms with Crippen molar-refractivity contribution < 1.29 is 9.59 Å². The lowest BCUT2D eigenvalue weighted by Gasteiger charge is -2.35. The quantitative estimate of drug-likeness (QED) is 0.683. The molecule has 0 spiro atoms. The molecule has 0 saturated heterocycles. The molecular formula is C11H21N3O2S. The van der Waals surface area contributed by atoms with Gasteiger partial charge in [0.2, 0.25) is 5.91 Å². The first-order valence-corrected chi connectivity index (χ1v) is 7.16. The Bertz CT molecular complexity index is 278. The van der Waals surface area contributed by atoms with E-state index in [2.05, 4.69) is 11.6 Å². The Morgan fingerprint density at radius 3 is 2.47 bits per heavy atom. The van der Waals surface area contributed by atoms with Crippen molar-refractivity contribution in [2.45, 2.75) is 36.9 Å². The van der Waals surface area contributed by atoms with E-state index in [9.17, 15) is 9.59 Å². The van der Waals surface area contributed by atoms with Gasteiger partial charge in [0.05, 0.1) is 6.54 Å². The number of thioether (sulfide) groups is 1. The molecule has 98 valence electrons. The van der Waals surface area contributed by atoms with Crippen molar-refractivity contribution >= 4 is 23.7 Å². The molecule has 1 saturated carbocycles. The maximum atomic E-state index is 11.2. The summed E-state index contributed by atoms with van der Waals surface area (Å²) in [6, 6.07) is -0.797. The van der Waals surface area contributed by atoms with Crippen molar-refractivity contribution in [3.05, 3.63) is 0 Å². The summed E-state index contributed by atoms with van der Waals surface area (Å²) < 4.78 is 0.255. The first kappa shape index (κ1) is 14.3. The zero-order valence-electron chi connectivity index (χ0n) is 10.3. The van der Waals surface area contributed by atoms with Gasteiger partial charge in [-0.1, -0.05) is 19.3 Å². The second-order valence-corrected chi connectivity index (χ2v) is 5.74. The number of hydrogen-bond acceptors (Lipinski definition) is 4. The molecule has 0 heterocycles. The lowest BCUT2D eigenvalue weighted by Crippen LogP contribution is -2.45. The van der Waals surface area contributed by atoms with Crippen LogP contribution in [-0.2, 0) is 4.79 Å². The predicted molar refractivity (Wildman–Crippen MR) is 69.9 cm³/mol. The average Bonchev–Trinajstić information content (AvgIpc) is 2.29. The van der Waals surface area contributed by atoms with E-state index in [0.29, 0.717) is 0 Å². The minimum Gasteiger partial charge on any atom is -0.351 e. The molecule has 0 bridgehead atoms. The summed E-state index contributed by atoms with van der Waals surface area (Å²) in [4.78, 5) is 21.7. The van der Waals surface area contributed by atoms with Gasteiger partial charge in [-0.05, 0) is 19.1 Å². The number of carbonyl (C=O) groups is 2. The van der Waals surface area contributed by atoms with Gasteiger partial charge in [-0.15, -0.1) is 0 Å². The predicted octanol–water partition coefficient (Wildman–Crippen LogP) is 0.837. The maximum Gasteiger partial charge on any atom is 0.318 e. The van der Waals surface area contributed by atoms with Crippen LogP contribution in [0, 0.1) is 0 Å². The first-order chi connectivity index (χ1) is 8.08. The van der Waals surface area contributed by atoms with Crippen LogP contribution in [0.15, 0.2) is 0 Å². The van der Waals surface area contributed by atoms with E-state index in [0.717, 1.165) is 6.54 Å². The Balaban J connectivity index is 2.28. The van der Waals surface area contributed by atoms with Crippen molar-refractivity contribution in [2.75, 3.05) is 19.3 Å². The van der Waals surface area contributed by atoms with Crippen LogP contribution in [0.2, 0.25) is 0 Å². The van der Waals surface area contributed by atoms with Crippen molar-refractivity contribution in [1.29, 1.82) is 0 Å². The third-order valence-electron chi connectivity index (χ3n) is 3.19. The highest BCUT2D eigenvalue weighted by Gasteiger charge is 2.30. The van der Waals surface area contributed by atoms with Crippen molar-refractivity contribution in [3.63, 3.8) is 0 Å². The highest BCUT2D eigenvalue weighted by molar-refractivity contribution is 8.00. The Hall–Kier alpha value is -0.750. The van der Waals surface area contributed by atoms with Crippen LogP contribution in [-0.4, -0.2) is 36.0 Å². The second kappa shape index (κ2) is 6.86. The summed E-state index contributed by atoms with van der Waals surface area (Å²) in [5.41, 5.74) is 4.86. The van der Waals surface area contributed by atoms with Crippen LogP contribution in [0.1, 0.15) is 32.1 Å². The number of imide groups is 1. The molecule has 1 rings (SSSR count). The number of hydrogen-bond donors (Lipinski definition) is 3. The third-order valence-corrected chi connectivity index (χ3v) is 4.61. The molecule has 5 nitrogen and oxygen atoms in total. The molecular weight excluding hydrogens is 238 g/mol. The Morgan fingerprint density at radius 2 is 1.94 bits per heavy atom. The zero-order valence-corrected chi connectivity index (χ0v) is 11.1. The fraction of sp³-hybridized carbons (Fsp3) is 0.818. The fourth-order valence-corrected chi connectivity index (χ4v) is 3.18.